The molecule has 0 radical (unpaired) electrons. The normalized spacial score (nSPS) is 11.7. The van der Waals surface area contributed by atoms with Crippen molar-refractivity contribution in [3.05, 3.63) is 70.2 Å². The van der Waals surface area contributed by atoms with Crippen molar-refractivity contribution in [2.45, 2.75) is 39.3 Å². The fourth-order valence-electron chi connectivity index (χ4n) is 2.94. The van der Waals surface area contributed by atoms with Crippen molar-refractivity contribution in [1.29, 1.82) is 0 Å². The summed E-state index contributed by atoms with van der Waals surface area (Å²) in [6.07, 6.45) is 0.786. The Morgan fingerprint density at radius 3 is 2.35 bits per heavy atom. The number of nitrogens with zero attached hydrogens (tertiary/aromatic N) is 1. The van der Waals surface area contributed by atoms with Gasteiger partial charge >= 0.3 is 0 Å². The third kappa shape index (κ3) is 5.09. The van der Waals surface area contributed by atoms with Crippen molar-refractivity contribution in [3.8, 4) is 0 Å². The average molecular weight is 373 g/mol. The van der Waals surface area contributed by atoms with Crippen LogP contribution in [0.2, 0.25) is 5.02 Å². The third-order valence-corrected chi connectivity index (χ3v) is 4.75. The maximum atomic E-state index is 13.0. The highest BCUT2D eigenvalue weighted by Gasteiger charge is 2.28. The van der Waals surface area contributed by atoms with E-state index in [-0.39, 0.29) is 18.2 Å². The summed E-state index contributed by atoms with van der Waals surface area (Å²) < 4.78 is 0. The van der Waals surface area contributed by atoms with E-state index in [2.05, 4.69) is 5.32 Å². The number of carbonyl (C=O) groups excluding carboxylic acids is 2. The van der Waals surface area contributed by atoms with E-state index in [1.165, 1.54) is 0 Å². The van der Waals surface area contributed by atoms with Gasteiger partial charge in [-0.15, -0.1) is 0 Å². The second kappa shape index (κ2) is 9.39. The summed E-state index contributed by atoms with van der Waals surface area (Å²) >= 11 is 5.92. The molecular formula is C21H25ClN2O2. The minimum absolute atomic E-state index is 0.0778. The second-order valence-corrected chi connectivity index (χ2v) is 6.73. The Bertz CT molecular complexity index is 759. The molecule has 0 aliphatic rings. The summed E-state index contributed by atoms with van der Waals surface area (Å²) in [5.41, 5.74) is 3.02. The standard InChI is InChI=1S/C21H25ClN2O2/c1-4-19(21(26)23-3)24(14-17-8-6-5-7-15(17)2)20(25)13-16-9-11-18(22)12-10-16/h5-12,19H,4,13-14H2,1-3H3,(H,23,26)/t19-/m1/s1. The maximum Gasteiger partial charge on any atom is 0.242 e. The fourth-order valence-corrected chi connectivity index (χ4v) is 3.06. The predicted molar refractivity (Wildman–Crippen MR) is 105 cm³/mol. The quantitative estimate of drug-likeness (QED) is 0.804. The first kappa shape index (κ1) is 20.0. The lowest BCUT2D eigenvalue weighted by atomic mass is 10.0. The maximum absolute atomic E-state index is 13.0. The molecule has 5 heteroatoms. The number of hydrogen-bond donors (Lipinski definition) is 1. The van der Waals surface area contributed by atoms with E-state index in [1.54, 1.807) is 24.1 Å². The number of hydrogen-bond acceptors (Lipinski definition) is 2. The molecule has 1 N–H and O–H groups in total. The number of aryl methyl sites for hydroxylation is 1. The molecule has 0 unspecified atom stereocenters. The third-order valence-electron chi connectivity index (χ3n) is 4.50. The van der Waals surface area contributed by atoms with Crippen LogP contribution < -0.4 is 5.32 Å². The Balaban J connectivity index is 2.29. The van der Waals surface area contributed by atoms with Crippen LogP contribution in [0.25, 0.3) is 0 Å². The highest BCUT2D eigenvalue weighted by Crippen LogP contribution is 2.17. The Hall–Kier alpha value is -2.33. The summed E-state index contributed by atoms with van der Waals surface area (Å²) in [4.78, 5) is 27.1. The van der Waals surface area contributed by atoms with E-state index in [0.29, 0.717) is 18.0 Å². The number of likely N-dealkylation sites (N-methyl/N-ethyl adjacent to an activating group) is 1. The van der Waals surface area contributed by atoms with Crippen LogP contribution in [0.1, 0.15) is 30.0 Å². The zero-order chi connectivity index (χ0) is 19.1. The molecule has 1 atom stereocenters. The van der Waals surface area contributed by atoms with Gasteiger partial charge < -0.3 is 10.2 Å². The van der Waals surface area contributed by atoms with Crippen LogP contribution in [-0.2, 0) is 22.6 Å². The van der Waals surface area contributed by atoms with E-state index in [9.17, 15) is 9.59 Å². The molecule has 0 fully saturated rings. The van der Waals surface area contributed by atoms with Crippen LogP contribution in [0.4, 0.5) is 0 Å². The molecule has 2 aromatic carbocycles. The molecule has 0 aliphatic heterocycles. The number of halogens is 1. The summed E-state index contributed by atoms with van der Waals surface area (Å²) in [5.74, 6) is -0.225. The lowest BCUT2D eigenvalue weighted by Crippen LogP contribution is -2.48. The van der Waals surface area contributed by atoms with Crippen molar-refractivity contribution in [1.82, 2.24) is 10.2 Å². The van der Waals surface area contributed by atoms with Crippen molar-refractivity contribution >= 4 is 23.4 Å². The van der Waals surface area contributed by atoms with Crippen LogP contribution >= 0.6 is 11.6 Å². The monoisotopic (exact) mass is 372 g/mol. The Kier molecular flexibility index (Phi) is 7.22. The molecule has 2 rings (SSSR count). The molecule has 0 saturated heterocycles. The molecule has 138 valence electrons. The van der Waals surface area contributed by atoms with Crippen molar-refractivity contribution < 1.29 is 9.59 Å². The Morgan fingerprint density at radius 2 is 1.77 bits per heavy atom. The molecule has 0 saturated carbocycles. The highest BCUT2D eigenvalue weighted by molar-refractivity contribution is 6.30. The summed E-state index contributed by atoms with van der Waals surface area (Å²) in [5, 5.41) is 3.31. The topological polar surface area (TPSA) is 49.4 Å². The fraction of sp³-hybridized carbons (Fsp3) is 0.333. The first-order valence-corrected chi connectivity index (χ1v) is 9.14. The van der Waals surface area contributed by atoms with Gasteiger partial charge in [0.2, 0.25) is 11.8 Å². The highest BCUT2D eigenvalue weighted by atomic mass is 35.5. The zero-order valence-electron chi connectivity index (χ0n) is 15.5. The van der Waals surface area contributed by atoms with Gasteiger partial charge in [0.25, 0.3) is 0 Å². The van der Waals surface area contributed by atoms with Crippen molar-refractivity contribution in [2.75, 3.05) is 7.05 Å². The molecule has 0 aliphatic carbocycles. The molecule has 4 nitrogen and oxygen atoms in total. The molecule has 2 aromatic rings. The van der Waals surface area contributed by atoms with Gasteiger partial charge in [-0.2, -0.15) is 0 Å². The molecule has 26 heavy (non-hydrogen) atoms. The predicted octanol–water partition coefficient (Wildman–Crippen LogP) is 3.74. The van der Waals surface area contributed by atoms with Crippen LogP contribution in [0.3, 0.4) is 0 Å². The van der Waals surface area contributed by atoms with Crippen LogP contribution in [0, 0.1) is 6.92 Å². The largest absolute Gasteiger partial charge is 0.357 e. The Labute approximate surface area is 160 Å². The van der Waals surface area contributed by atoms with Gasteiger partial charge in [-0.05, 0) is 42.2 Å². The number of benzene rings is 2. The first-order chi connectivity index (χ1) is 12.5. The SMILES string of the molecule is CC[C@H](C(=O)NC)N(Cc1ccccc1C)C(=O)Cc1ccc(Cl)cc1. The molecule has 0 bridgehead atoms. The van der Waals surface area contributed by atoms with E-state index >= 15 is 0 Å². The van der Waals surface area contributed by atoms with Crippen molar-refractivity contribution in [3.63, 3.8) is 0 Å². The van der Waals surface area contributed by atoms with Crippen LogP contribution in [0.15, 0.2) is 48.5 Å². The minimum Gasteiger partial charge on any atom is -0.357 e. The molecular weight excluding hydrogens is 348 g/mol. The van der Waals surface area contributed by atoms with Gasteiger partial charge in [-0.1, -0.05) is 54.9 Å². The van der Waals surface area contributed by atoms with Gasteiger partial charge in [0, 0.05) is 18.6 Å². The first-order valence-electron chi connectivity index (χ1n) is 8.76. The van der Waals surface area contributed by atoms with Gasteiger partial charge in [0.1, 0.15) is 6.04 Å². The number of carbonyl (C=O) groups is 2. The summed E-state index contributed by atoms with van der Waals surface area (Å²) in [6, 6.07) is 14.6. The van der Waals surface area contributed by atoms with E-state index < -0.39 is 6.04 Å². The lowest BCUT2D eigenvalue weighted by Gasteiger charge is -2.31. The van der Waals surface area contributed by atoms with E-state index in [0.717, 1.165) is 16.7 Å². The minimum atomic E-state index is -0.501. The smallest absolute Gasteiger partial charge is 0.242 e. The van der Waals surface area contributed by atoms with Gasteiger partial charge in [0.05, 0.1) is 6.42 Å². The van der Waals surface area contributed by atoms with Gasteiger partial charge in [-0.3, -0.25) is 9.59 Å². The zero-order valence-corrected chi connectivity index (χ0v) is 16.2. The number of rotatable bonds is 7. The number of nitrogens with one attached hydrogen (secondary N) is 1. The van der Waals surface area contributed by atoms with Gasteiger partial charge in [0.15, 0.2) is 0 Å². The Morgan fingerprint density at radius 1 is 1.12 bits per heavy atom. The van der Waals surface area contributed by atoms with E-state index in [4.69, 9.17) is 11.6 Å². The van der Waals surface area contributed by atoms with Crippen molar-refractivity contribution in [2.24, 2.45) is 0 Å². The van der Waals surface area contributed by atoms with Crippen LogP contribution in [-0.4, -0.2) is 29.8 Å². The summed E-state index contributed by atoms with van der Waals surface area (Å²) in [7, 11) is 1.60. The van der Waals surface area contributed by atoms with Gasteiger partial charge in [-0.25, -0.2) is 0 Å². The number of amides is 2. The molecule has 0 aromatic heterocycles. The van der Waals surface area contributed by atoms with E-state index in [1.807, 2.05) is 50.2 Å². The second-order valence-electron chi connectivity index (χ2n) is 6.29. The summed E-state index contributed by atoms with van der Waals surface area (Å²) in [6.45, 7) is 4.34. The average Bonchev–Trinajstić information content (AvgIpc) is 2.64. The lowest BCUT2D eigenvalue weighted by molar-refractivity contribution is -0.140. The molecule has 0 heterocycles. The molecule has 2 amide bonds. The molecule has 0 spiro atoms. The van der Waals surface area contributed by atoms with Crippen LogP contribution in [0.5, 0.6) is 0 Å².